The highest BCUT2D eigenvalue weighted by molar-refractivity contribution is 5.81. The molecule has 1 aromatic heterocycles. The van der Waals surface area contributed by atoms with Crippen molar-refractivity contribution in [2.45, 2.75) is 26.7 Å². The third-order valence-corrected chi connectivity index (χ3v) is 3.67. The molecule has 21 heavy (non-hydrogen) atoms. The van der Waals surface area contributed by atoms with E-state index in [1.165, 1.54) is 0 Å². The van der Waals surface area contributed by atoms with Crippen molar-refractivity contribution in [1.29, 1.82) is 0 Å². The van der Waals surface area contributed by atoms with Gasteiger partial charge in [-0.1, -0.05) is 19.0 Å². The van der Waals surface area contributed by atoms with Gasteiger partial charge in [-0.05, 0) is 12.8 Å². The van der Waals surface area contributed by atoms with Gasteiger partial charge in [-0.3, -0.25) is 4.90 Å². The Morgan fingerprint density at radius 2 is 1.81 bits per heavy atom. The Hall–Kier alpha value is -1.96. The van der Waals surface area contributed by atoms with Gasteiger partial charge in [0, 0.05) is 26.2 Å². The first-order chi connectivity index (χ1) is 10.2. The molecule has 0 radical (unpaired) electrons. The molecule has 0 saturated carbocycles. The summed E-state index contributed by atoms with van der Waals surface area (Å²) in [5, 5.41) is 20.1. The largest absolute Gasteiger partial charge is 0.409 e. The molecule has 1 aromatic rings. The number of nitrogens with zero attached hydrogens (tertiary/aromatic N) is 6. The first kappa shape index (κ1) is 15.4. The predicted molar refractivity (Wildman–Crippen MR) is 80.6 cm³/mol. The summed E-state index contributed by atoms with van der Waals surface area (Å²) in [4.78, 5) is 8.91. The molecule has 0 spiro atoms. The van der Waals surface area contributed by atoms with E-state index in [2.05, 4.69) is 44.0 Å². The first-order valence-corrected chi connectivity index (χ1v) is 7.34. The van der Waals surface area contributed by atoms with Crippen molar-refractivity contribution < 1.29 is 5.21 Å². The highest BCUT2D eigenvalue weighted by atomic mass is 16.4. The van der Waals surface area contributed by atoms with Crippen molar-refractivity contribution in [3.8, 4) is 0 Å². The van der Waals surface area contributed by atoms with Gasteiger partial charge in [-0.2, -0.15) is 5.10 Å². The fourth-order valence-electron chi connectivity index (χ4n) is 2.43. The van der Waals surface area contributed by atoms with Crippen LogP contribution in [0.15, 0.2) is 5.16 Å². The van der Waals surface area contributed by atoms with E-state index in [1.807, 2.05) is 0 Å². The van der Waals surface area contributed by atoms with Gasteiger partial charge < -0.3 is 15.8 Å². The minimum absolute atomic E-state index is 0.238. The second kappa shape index (κ2) is 7.16. The lowest BCUT2D eigenvalue weighted by molar-refractivity contribution is 0.277. The molecule has 1 fully saturated rings. The zero-order valence-electron chi connectivity index (χ0n) is 12.7. The van der Waals surface area contributed by atoms with E-state index in [4.69, 9.17) is 10.9 Å². The van der Waals surface area contributed by atoms with E-state index in [1.54, 1.807) is 0 Å². The van der Waals surface area contributed by atoms with E-state index in [0.717, 1.165) is 50.4 Å². The van der Waals surface area contributed by atoms with Crippen LogP contribution in [0.1, 0.15) is 25.2 Å². The molecule has 3 N–H and O–H groups in total. The fraction of sp³-hybridized carbons (Fsp3) is 0.692. The smallest absolute Gasteiger partial charge is 0.245 e. The Labute approximate surface area is 124 Å². The van der Waals surface area contributed by atoms with Crippen molar-refractivity contribution in [3.05, 3.63) is 11.4 Å². The summed E-state index contributed by atoms with van der Waals surface area (Å²) in [7, 11) is 0. The molecule has 1 saturated heterocycles. The fourth-order valence-corrected chi connectivity index (χ4v) is 2.43. The van der Waals surface area contributed by atoms with Crippen LogP contribution in [0, 0.1) is 0 Å². The monoisotopic (exact) mass is 293 g/mol. The molecular weight excluding hydrogens is 270 g/mol. The highest BCUT2D eigenvalue weighted by Gasteiger charge is 2.20. The molecule has 0 amide bonds. The summed E-state index contributed by atoms with van der Waals surface area (Å²) < 4.78 is 0. The maximum absolute atomic E-state index is 8.60. The van der Waals surface area contributed by atoms with Crippen LogP contribution in [0.5, 0.6) is 0 Å². The minimum atomic E-state index is 0.238. The summed E-state index contributed by atoms with van der Waals surface area (Å²) in [5.74, 6) is 0.939. The molecule has 1 aliphatic rings. The number of aromatic nitrogens is 3. The molecule has 0 bridgehead atoms. The Bertz CT molecular complexity index is 497. The zero-order valence-corrected chi connectivity index (χ0v) is 12.7. The van der Waals surface area contributed by atoms with Crippen molar-refractivity contribution in [1.82, 2.24) is 20.1 Å². The van der Waals surface area contributed by atoms with Gasteiger partial charge in [0.1, 0.15) is 0 Å². The lowest BCUT2D eigenvalue weighted by atomic mass is 10.2. The lowest BCUT2D eigenvalue weighted by Gasteiger charge is -2.34. The second-order valence-electron chi connectivity index (χ2n) is 5.07. The molecule has 0 unspecified atom stereocenters. The van der Waals surface area contributed by atoms with Gasteiger partial charge in [0.2, 0.25) is 5.95 Å². The number of hydrogen-bond donors (Lipinski definition) is 2. The maximum Gasteiger partial charge on any atom is 0.245 e. The van der Waals surface area contributed by atoms with Gasteiger partial charge in [0.05, 0.1) is 17.9 Å². The predicted octanol–water partition coefficient (Wildman–Crippen LogP) is -0.135. The summed E-state index contributed by atoms with van der Waals surface area (Å²) in [6.45, 7) is 7.92. The molecule has 2 rings (SSSR count). The van der Waals surface area contributed by atoms with E-state index >= 15 is 0 Å². The van der Waals surface area contributed by atoms with Gasteiger partial charge in [0.15, 0.2) is 5.84 Å². The number of oxime groups is 1. The van der Waals surface area contributed by atoms with Gasteiger partial charge in [-0.25, -0.2) is 4.98 Å². The molecule has 0 aliphatic carbocycles. The van der Waals surface area contributed by atoms with Crippen LogP contribution in [-0.4, -0.2) is 63.8 Å². The third kappa shape index (κ3) is 3.78. The number of hydrogen-bond acceptors (Lipinski definition) is 7. The Balaban J connectivity index is 1.99. The van der Waals surface area contributed by atoms with Crippen LogP contribution < -0.4 is 10.6 Å². The summed E-state index contributed by atoms with van der Waals surface area (Å²) >= 11 is 0. The average molecular weight is 293 g/mol. The van der Waals surface area contributed by atoms with Crippen molar-refractivity contribution in [3.63, 3.8) is 0 Å². The summed E-state index contributed by atoms with van der Waals surface area (Å²) in [5.41, 5.74) is 7.54. The van der Waals surface area contributed by atoms with E-state index in [9.17, 15) is 0 Å². The van der Waals surface area contributed by atoms with E-state index < -0.39 is 0 Å². The lowest BCUT2D eigenvalue weighted by Crippen LogP contribution is -2.49. The van der Waals surface area contributed by atoms with Crippen LogP contribution in [0.2, 0.25) is 0 Å². The van der Waals surface area contributed by atoms with Crippen molar-refractivity contribution in [2.24, 2.45) is 10.9 Å². The van der Waals surface area contributed by atoms with Crippen molar-refractivity contribution in [2.75, 3.05) is 37.6 Å². The minimum Gasteiger partial charge on any atom is -0.409 e. The zero-order chi connectivity index (χ0) is 15.2. The van der Waals surface area contributed by atoms with Crippen LogP contribution in [0.4, 0.5) is 5.95 Å². The number of amidine groups is 1. The maximum atomic E-state index is 8.60. The van der Waals surface area contributed by atoms with Crippen LogP contribution in [0.3, 0.4) is 0 Å². The summed E-state index contributed by atoms with van der Waals surface area (Å²) in [6.07, 6.45) is 1.73. The Morgan fingerprint density at radius 1 is 1.14 bits per heavy atom. The molecule has 0 atom stereocenters. The van der Waals surface area contributed by atoms with E-state index in [-0.39, 0.29) is 5.84 Å². The van der Waals surface area contributed by atoms with Crippen LogP contribution in [-0.2, 0) is 12.8 Å². The van der Waals surface area contributed by atoms with E-state index in [0.29, 0.717) is 12.5 Å². The van der Waals surface area contributed by atoms with Gasteiger partial charge in [-0.15, -0.1) is 5.10 Å². The third-order valence-electron chi connectivity index (χ3n) is 3.67. The molecule has 1 aliphatic heterocycles. The first-order valence-electron chi connectivity index (χ1n) is 7.34. The van der Waals surface area contributed by atoms with Crippen LogP contribution in [0.25, 0.3) is 0 Å². The number of anilines is 1. The summed E-state index contributed by atoms with van der Waals surface area (Å²) in [6, 6.07) is 0. The van der Waals surface area contributed by atoms with Crippen molar-refractivity contribution >= 4 is 11.8 Å². The number of rotatable bonds is 5. The standard InChI is InChI=1S/C13H23N7O/c1-3-10-11(4-2)16-17-13(15-10)20-7-5-19(6-8-20)9-12(14)18-21/h21H,3-9H2,1-2H3,(H2,14,18). The SMILES string of the molecule is CCc1nnc(N2CCN(CC(N)=NO)CC2)nc1CC. The topological polar surface area (TPSA) is 104 Å². The van der Waals surface area contributed by atoms with Gasteiger partial charge >= 0.3 is 0 Å². The van der Waals surface area contributed by atoms with Crippen LogP contribution >= 0.6 is 0 Å². The Kier molecular flexibility index (Phi) is 5.26. The molecule has 8 heteroatoms. The molecular formula is C13H23N7O. The molecule has 2 heterocycles. The Morgan fingerprint density at radius 3 is 2.38 bits per heavy atom. The van der Waals surface area contributed by atoms with Gasteiger partial charge in [0.25, 0.3) is 0 Å². The molecule has 0 aromatic carbocycles. The average Bonchev–Trinajstić information content (AvgIpc) is 2.54. The highest BCUT2D eigenvalue weighted by Crippen LogP contribution is 2.13. The number of aryl methyl sites for hydroxylation is 2. The number of piperazine rings is 1. The normalized spacial score (nSPS) is 17.2. The second-order valence-corrected chi connectivity index (χ2v) is 5.07. The number of nitrogens with two attached hydrogens (primary N) is 1. The molecule has 116 valence electrons. The molecule has 8 nitrogen and oxygen atoms in total. The quantitative estimate of drug-likeness (QED) is 0.337.